The fraction of sp³-hybridized carbons (Fsp3) is 0.00917. The number of halogens is 7. The summed E-state index contributed by atoms with van der Waals surface area (Å²) in [6, 6.07) is 145. The summed E-state index contributed by atoms with van der Waals surface area (Å²) in [6.45, 7) is 0. The van der Waals surface area contributed by atoms with Gasteiger partial charge in [-0.3, -0.25) is 0 Å². The standard InChI is InChI=1S/C54H33Br2N3.C49H32N2.C6H3Br2F.I2/c55-38-31-39(56)33-42(32-38)59-53-25-21-36(34-19-23-51-45(27-34)43-15-7-9-17-49(43)57(51)40-11-3-1-4-12-40)29-47(53)48-30-37(22-26-54(48)59)35-20-24-52-46(28-35)44-16-8-10-18-50(44)58(52)41-13-5-2-6-14-41;1-3-11-38(12-4-1)50-46-17-9-7-15-40(46)44-30-34(23-25-48(44)50)32-19-21-36-27-37-22-20-33(29-43(37)42(36)28-32)35-24-26-49-45(31-35)41-16-8-10-18-47(41)51(49)39-13-5-2-6-14-39;7-4-1-5(8)3-6(9)2-4;1-2/h1-33H;1-26,28-31H,27H2;1-3H;. The Morgan fingerprint density at radius 3 is 0.661 bits per heavy atom. The highest BCUT2D eigenvalue weighted by Gasteiger charge is 2.24. The maximum absolute atomic E-state index is 12.4. The predicted octanol–water partition coefficient (Wildman–Crippen LogP) is 33.7. The zero-order chi connectivity index (χ0) is 81.5. The van der Waals surface area contributed by atoms with Gasteiger partial charge in [0, 0.05) is 137 Å². The molecule has 0 fully saturated rings. The van der Waals surface area contributed by atoms with Crippen molar-refractivity contribution in [2.24, 2.45) is 0 Å². The van der Waals surface area contributed by atoms with Crippen LogP contribution in [0.25, 0.3) is 193 Å². The summed E-state index contributed by atoms with van der Waals surface area (Å²) in [5.74, 6) is -0.240. The predicted molar refractivity (Wildman–Crippen MR) is 540 cm³/mol. The third-order valence-corrected chi connectivity index (χ3v) is 25.5. The molecule has 23 aromatic rings. The number of rotatable bonds is 9. The van der Waals surface area contributed by atoms with Crippen molar-refractivity contribution in [1.82, 2.24) is 22.8 Å². The zero-order valence-corrected chi connectivity index (χ0v) is 75.4. The minimum atomic E-state index is -0.240. The van der Waals surface area contributed by atoms with Gasteiger partial charge in [-0.25, -0.2) is 4.39 Å². The van der Waals surface area contributed by atoms with Gasteiger partial charge in [0.2, 0.25) is 0 Å². The summed E-state index contributed by atoms with van der Waals surface area (Å²) in [5, 5.41) is 12.5. The summed E-state index contributed by atoms with van der Waals surface area (Å²) in [6.07, 6.45) is 0.971. The summed E-state index contributed by atoms with van der Waals surface area (Å²) >= 11 is 18.1. The van der Waals surface area contributed by atoms with E-state index in [0.717, 1.165) is 52.4 Å². The molecule has 1 aliphatic rings. The third-order valence-electron chi connectivity index (χ3n) is 23.7. The van der Waals surface area contributed by atoms with Crippen LogP contribution in [0.2, 0.25) is 0 Å². The van der Waals surface area contributed by atoms with Crippen LogP contribution in [0.3, 0.4) is 0 Å². The normalized spacial score (nSPS) is 11.7. The second kappa shape index (κ2) is 32.3. The van der Waals surface area contributed by atoms with Gasteiger partial charge in [0.1, 0.15) is 5.82 Å². The second-order valence-electron chi connectivity index (χ2n) is 30.6. The van der Waals surface area contributed by atoms with Crippen molar-refractivity contribution < 1.29 is 4.39 Å². The maximum Gasteiger partial charge on any atom is 0.125 e. The highest BCUT2D eigenvalue weighted by Crippen LogP contribution is 2.47. The molecule has 0 unspecified atom stereocenters. The number of hydrogen-bond donors (Lipinski definition) is 0. The summed E-state index contributed by atoms with van der Waals surface area (Å²) in [5.41, 5.74) is 33.1. The molecule has 0 amide bonds. The number of aromatic nitrogens is 5. The number of fused-ring (bicyclic) bond motifs is 18. The molecule has 24 rings (SSSR count). The first-order valence-corrected chi connectivity index (χ1v) is 49.4. The van der Waals surface area contributed by atoms with Crippen LogP contribution >= 0.6 is 101 Å². The van der Waals surface area contributed by atoms with Gasteiger partial charge >= 0.3 is 0 Å². The number of hydrogen-bond acceptors (Lipinski definition) is 0. The molecule has 5 heterocycles. The van der Waals surface area contributed by atoms with Gasteiger partial charge < -0.3 is 22.8 Å². The lowest BCUT2D eigenvalue weighted by Crippen LogP contribution is -1.94. The summed E-state index contributed by atoms with van der Waals surface area (Å²) in [7, 11) is 0. The molecular weight excluding hydrogens is 1970 g/mol. The van der Waals surface area contributed by atoms with Gasteiger partial charge in [-0.1, -0.05) is 270 Å². The Morgan fingerprint density at radius 1 is 0.190 bits per heavy atom. The van der Waals surface area contributed by atoms with Gasteiger partial charge in [-0.2, -0.15) is 0 Å². The first-order chi connectivity index (χ1) is 59.5. The van der Waals surface area contributed by atoms with Crippen LogP contribution in [-0.2, 0) is 6.42 Å². The molecule has 18 aromatic carbocycles. The fourth-order valence-electron chi connectivity index (χ4n) is 18.4. The molecule has 1 aliphatic carbocycles. The van der Waals surface area contributed by atoms with Crippen LogP contribution in [0.15, 0.2) is 418 Å². The largest absolute Gasteiger partial charge is 0.309 e. The van der Waals surface area contributed by atoms with Crippen molar-refractivity contribution >= 4 is 210 Å². The Balaban J connectivity index is 0.000000134. The average molecular weight is 2040 g/mol. The second-order valence-corrected chi connectivity index (χ2v) is 34.3. The van der Waals surface area contributed by atoms with Crippen LogP contribution < -0.4 is 0 Å². The lowest BCUT2D eigenvalue weighted by atomic mass is 9.95. The number of benzene rings is 18. The molecule has 0 aliphatic heterocycles. The molecule has 0 bridgehead atoms. The molecule has 5 aromatic heterocycles. The van der Waals surface area contributed by atoms with Crippen molar-refractivity contribution in [2.45, 2.75) is 6.42 Å². The van der Waals surface area contributed by atoms with Crippen molar-refractivity contribution in [3.05, 3.63) is 435 Å². The molecule has 121 heavy (non-hydrogen) atoms. The Kier molecular flexibility index (Phi) is 20.5. The van der Waals surface area contributed by atoms with Crippen LogP contribution in [0, 0.1) is 5.82 Å². The molecular formula is C109H68Br4FI2N5. The van der Waals surface area contributed by atoms with Gasteiger partial charge in [-0.05, 0) is 267 Å². The highest BCUT2D eigenvalue weighted by molar-refractivity contribution is 15.0. The van der Waals surface area contributed by atoms with E-state index < -0.39 is 0 Å². The number of nitrogens with zero attached hydrogens (tertiary/aromatic N) is 5. The van der Waals surface area contributed by atoms with E-state index in [1.165, 1.54) is 188 Å². The average Bonchev–Trinajstić information content (AvgIpc) is 1.60. The van der Waals surface area contributed by atoms with E-state index in [9.17, 15) is 4.39 Å². The van der Waals surface area contributed by atoms with Crippen molar-refractivity contribution in [1.29, 1.82) is 0 Å². The smallest absolute Gasteiger partial charge is 0.125 e. The molecule has 12 heteroatoms. The van der Waals surface area contributed by atoms with Crippen LogP contribution in [-0.4, -0.2) is 22.8 Å². The maximum atomic E-state index is 12.4. The molecule has 5 nitrogen and oxygen atoms in total. The van der Waals surface area contributed by atoms with Crippen LogP contribution in [0.1, 0.15) is 11.1 Å². The minimum Gasteiger partial charge on any atom is -0.309 e. The molecule has 0 saturated carbocycles. The first-order valence-electron chi connectivity index (χ1n) is 40.0. The fourth-order valence-corrected chi connectivity index (χ4v) is 20.9. The van der Waals surface area contributed by atoms with E-state index in [1.807, 2.05) is 0 Å². The van der Waals surface area contributed by atoms with E-state index in [0.29, 0.717) is 0 Å². The number of para-hydroxylation sites is 8. The van der Waals surface area contributed by atoms with Crippen LogP contribution in [0.4, 0.5) is 4.39 Å². The third kappa shape index (κ3) is 13.9. The Hall–Kier alpha value is -11.7. The Bertz CT molecular complexity index is 7540. The summed E-state index contributed by atoms with van der Waals surface area (Å²) < 4.78 is 27.8. The van der Waals surface area contributed by atoms with Crippen molar-refractivity contribution in [2.75, 3.05) is 0 Å². The lowest BCUT2D eigenvalue weighted by Gasteiger charge is -2.11. The summed E-state index contributed by atoms with van der Waals surface area (Å²) in [4.78, 5) is 0. The first kappa shape index (κ1) is 76.7. The van der Waals surface area contributed by atoms with E-state index in [2.05, 4.69) is 506 Å². The molecule has 0 saturated heterocycles. The van der Waals surface area contributed by atoms with Gasteiger partial charge in [0.05, 0.1) is 55.2 Å². The topological polar surface area (TPSA) is 24.6 Å². The van der Waals surface area contributed by atoms with Crippen molar-refractivity contribution in [3.63, 3.8) is 0 Å². The lowest BCUT2D eigenvalue weighted by molar-refractivity contribution is 0.626. The molecule has 0 radical (unpaired) electrons. The minimum absolute atomic E-state index is 0.240. The van der Waals surface area contributed by atoms with E-state index >= 15 is 0 Å². The molecule has 578 valence electrons. The van der Waals surface area contributed by atoms with E-state index in [1.54, 1.807) is 6.07 Å². The van der Waals surface area contributed by atoms with Crippen molar-refractivity contribution in [3.8, 4) is 84.1 Å². The Morgan fingerprint density at radius 2 is 0.397 bits per heavy atom. The molecule has 0 spiro atoms. The Labute approximate surface area is 755 Å². The molecule has 0 N–H and O–H groups in total. The molecule has 0 atom stereocenters. The van der Waals surface area contributed by atoms with Crippen LogP contribution in [0.5, 0.6) is 0 Å². The monoisotopic (exact) mass is 2040 g/mol. The zero-order valence-electron chi connectivity index (χ0n) is 64.7. The van der Waals surface area contributed by atoms with E-state index in [-0.39, 0.29) is 5.82 Å². The van der Waals surface area contributed by atoms with Gasteiger partial charge in [0.15, 0.2) is 0 Å². The van der Waals surface area contributed by atoms with Gasteiger partial charge in [0.25, 0.3) is 0 Å². The van der Waals surface area contributed by atoms with E-state index in [4.69, 9.17) is 0 Å². The van der Waals surface area contributed by atoms with Gasteiger partial charge in [-0.15, -0.1) is 0 Å². The highest BCUT2D eigenvalue weighted by atomic mass is 128. The SMILES string of the molecule is Brc1cc(Br)cc(-n2c3ccc(-c4ccc5c(c4)c4ccccc4n5-c4ccccc4)cc3c3cc(-c4ccc5c(c4)c4ccccc4n5-c4ccccc4)ccc32)c1.Fc1cc(Br)cc(Br)c1.II.c1ccc(-n2c3ccccc3c3cc(-c4ccc5c(c4)-c4cc(-c6ccc7c(c6)c6ccccc6n7-c6ccccc6)ccc4C5)ccc32)cc1. The quantitative estimate of drug-likeness (QED) is 0.129.